The smallest absolute Gasteiger partial charge is 0.338 e. The summed E-state index contributed by atoms with van der Waals surface area (Å²) in [5, 5.41) is 0. The minimum Gasteiger partial charge on any atom is -0.452 e. The van der Waals surface area contributed by atoms with Gasteiger partial charge in [-0.1, -0.05) is 17.2 Å². The van der Waals surface area contributed by atoms with Crippen LogP contribution in [0.3, 0.4) is 0 Å². The van der Waals surface area contributed by atoms with Crippen molar-refractivity contribution in [3.63, 3.8) is 0 Å². The van der Waals surface area contributed by atoms with Gasteiger partial charge >= 0.3 is 5.97 Å². The Bertz CT molecular complexity index is 486. The zero-order chi connectivity index (χ0) is 14.5. The number of benzene rings is 1. The number of hydrogen-bond acceptors (Lipinski definition) is 4. The highest BCUT2D eigenvalue weighted by Gasteiger charge is 2.18. The summed E-state index contributed by atoms with van der Waals surface area (Å²) in [6, 6.07) is 5.50. The van der Waals surface area contributed by atoms with E-state index in [0.717, 1.165) is 11.1 Å². The molecule has 0 bridgehead atoms. The maximum absolute atomic E-state index is 11.9. The van der Waals surface area contributed by atoms with Gasteiger partial charge in [-0.15, -0.1) is 0 Å². The molecule has 0 unspecified atom stereocenters. The van der Waals surface area contributed by atoms with Gasteiger partial charge in [-0.2, -0.15) is 0 Å². The van der Waals surface area contributed by atoms with Crippen LogP contribution in [0.15, 0.2) is 18.2 Å². The number of morpholine rings is 1. The molecule has 0 saturated carbocycles. The minimum absolute atomic E-state index is 0.175. The third-order valence-corrected chi connectivity index (χ3v) is 3.15. The molecule has 5 heteroatoms. The number of amides is 1. The normalized spacial score (nSPS) is 15.0. The quantitative estimate of drug-likeness (QED) is 0.782. The first-order valence-electron chi connectivity index (χ1n) is 6.67. The number of nitrogens with zero attached hydrogens (tertiary/aromatic N) is 1. The molecule has 1 saturated heterocycles. The number of esters is 1. The van der Waals surface area contributed by atoms with Crippen molar-refractivity contribution in [2.45, 2.75) is 13.8 Å². The van der Waals surface area contributed by atoms with E-state index in [1.165, 1.54) is 0 Å². The van der Waals surface area contributed by atoms with E-state index >= 15 is 0 Å². The summed E-state index contributed by atoms with van der Waals surface area (Å²) in [7, 11) is 0. The molecule has 0 aromatic heterocycles. The number of aryl methyl sites for hydroxylation is 2. The van der Waals surface area contributed by atoms with E-state index in [1.54, 1.807) is 17.0 Å². The molecule has 1 aliphatic rings. The first-order chi connectivity index (χ1) is 9.56. The van der Waals surface area contributed by atoms with Crippen LogP contribution >= 0.6 is 0 Å². The van der Waals surface area contributed by atoms with Crippen LogP contribution in [0.1, 0.15) is 21.5 Å². The Morgan fingerprint density at radius 2 is 1.75 bits per heavy atom. The van der Waals surface area contributed by atoms with Gasteiger partial charge in [0.1, 0.15) is 0 Å². The summed E-state index contributed by atoms with van der Waals surface area (Å²) in [5.41, 5.74) is 2.48. The second-order valence-corrected chi connectivity index (χ2v) is 4.95. The second kappa shape index (κ2) is 6.52. The Labute approximate surface area is 118 Å². The zero-order valence-electron chi connectivity index (χ0n) is 11.8. The molecule has 0 radical (unpaired) electrons. The minimum atomic E-state index is -0.460. The van der Waals surface area contributed by atoms with Crippen molar-refractivity contribution in [3.05, 3.63) is 34.9 Å². The topological polar surface area (TPSA) is 55.8 Å². The van der Waals surface area contributed by atoms with Crippen LogP contribution in [-0.4, -0.2) is 49.7 Å². The van der Waals surface area contributed by atoms with Crippen molar-refractivity contribution in [2.24, 2.45) is 0 Å². The van der Waals surface area contributed by atoms with Crippen LogP contribution in [0.5, 0.6) is 0 Å². The Morgan fingerprint density at radius 3 is 2.35 bits per heavy atom. The maximum Gasteiger partial charge on any atom is 0.338 e. The fourth-order valence-electron chi connectivity index (χ4n) is 2.21. The third kappa shape index (κ3) is 3.81. The highest BCUT2D eigenvalue weighted by Crippen LogP contribution is 2.10. The van der Waals surface area contributed by atoms with Crippen LogP contribution in [0.25, 0.3) is 0 Å². The highest BCUT2D eigenvalue weighted by molar-refractivity contribution is 5.91. The largest absolute Gasteiger partial charge is 0.452 e. The fourth-order valence-corrected chi connectivity index (χ4v) is 2.21. The lowest BCUT2D eigenvalue weighted by atomic mass is 10.1. The standard InChI is InChI=1S/C15H19NO4/c1-11-7-12(2)9-13(8-11)15(18)20-10-14(17)16-3-5-19-6-4-16/h7-9H,3-6,10H2,1-2H3. The molecule has 0 N–H and O–H groups in total. The molecule has 1 aliphatic heterocycles. The van der Waals surface area contributed by atoms with Crippen molar-refractivity contribution in [3.8, 4) is 0 Å². The molecule has 1 heterocycles. The van der Waals surface area contributed by atoms with Crippen LogP contribution < -0.4 is 0 Å². The van der Waals surface area contributed by atoms with E-state index in [4.69, 9.17) is 9.47 Å². The molecule has 108 valence electrons. The Balaban J connectivity index is 1.89. The molecule has 2 rings (SSSR count). The van der Waals surface area contributed by atoms with Crippen LogP contribution in [0.4, 0.5) is 0 Å². The predicted molar refractivity (Wildman–Crippen MR) is 73.6 cm³/mol. The van der Waals surface area contributed by atoms with Gasteiger partial charge in [0, 0.05) is 13.1 Å². The first kappa shape index (κ1) is 14.5. The van der Waals surface area contributed by atoms with Crippen LogP contribution in [0, 0.1) is 13.8 Å². The predicted octanol–water partition coefficient (Wildman–Crippen LogP) is 1.32. The van der Waals surface area contributed by atoms with Crippen molar-refractivity contribution < 1.29 is 19.1 Å². The van der Waals surface area contributed by atoms with E-state index < -0.39 is 5.97 Å². The summed E-state index contributed by atoms with van der Waals surface area (Å²) in [4.78, 5) is 25.4. The van der Waals surface area contributed by atoms with Crippen molar-refractivity contribution in [2.75, 3.05) is 32.9 Å². The number of rotatable bonds is 3. The van der Waals surface area contributed by atoms with Gasteiger partial charge in [0.25, 0.3) is 5.91 Å². The molecule has 20 heavy (non-hydrogen) atoms. The Kier molecular flexibility index (Phi) is 4.74. The van der Waals surface area contributed by atoms with E-state index in [-0.39, 0.29) is 12.5 Å². The highest BCUT2D eigenvalue weighted by atomic mass is 16.5. The summed E-state index contributed by atoms with van der Waals surface area (Å²) in [5.74, 6) is -0.635. The Hall–Kier alpha value is -1.88. The lowest BCUT2D eigenvalue weighted by Gasteiger charge is -2.26. The van der Waals surface area contributed by atoms with E-state index in [9.17, 15) is 9.59 Å². The van der Waals surface area contributed by atoms with Gasteiger partial charge in [-0.25, -0.2) is 4.79 Å². The maximum atomic E-state index is 11.9. The lowest BCUT2D eigenvalue weighted by Crippen LogP contribution is -2.42. The molecule has 0 aliphatic carbocycles. The zero-order valence-corrected chi connectivity index (χ0v) is 11.8. The van der Waals surface area contributed by atoms with Crippen molar-refractivity contribution >= 4 is 11.9 Å². The van der Waals surface area contributed by atoms with Crippen molar-refractivity contribution in [1.82, 2.24) is 4.90 Å². The Morgan fingerprint density at radius 1 is 1.15 bits per heavy atom. The molecular weight excluding hydrogens is 258 g/mol. The lowest BCUT2D eigenvalue weighted by molar-refractivity contribution is -0.138. The molecule has 0 spiro atoms. The number of carbonyl (C=O) groups excluding carboxylic acids is 2. The van der Waals surface area contributed by atoms with Crippen LogP contribution in [0.2, 0.25) is 0 Å². The SMILES string of the molecule is Cc1cc(C)cc(C(=O)OCC(=O)N2CCOCC2)c1. The summed E-state index contributed by atoms with van der Waals surface area (Å²) in [6.07, 6.45) is 0. The monoisotopic (exact) mass is 277 g/mol. The van der Waals surface area contributed by atoms with E-state index in [2.05, 4.69) is 0 Å². The van der Waals surface area contributed by atoms with Gasteiger partial charge < -0.3 is 14.4 Å². The van der Waals surface area contributed by atoms with E-state index in [0.29, 0.717) is 31.9 Å². The summed E-state index contributed by atoms with van der Waals surface area (Å²) >= 11 is 0. The van der Waals surface area contributed by atoms with Gasteiger partial charge in [-0.05, 0) is 26.0 Å². The summed E-state index contributed by atoms with van der Waals surface area (Å²) in [6.45, 7) is 5.81. The van der Waals surface area contributed by atoms with Gasteiger partial charge in [0.05, 0.1) is 18.8 Å². The first-order valence-corrected chi connectivity index (χ1v) is 6.67. The average molecular weight is 277 g/mol. The molecular formula is C15H19NO4. The third-order valence-electron chi connectivity index (χ3n) is 3.15. The van der Waals surface area contributed by atoms with Crippen molar-refractivity contribution in [1.29, 1.82) is 0 Å². The summed E-state index contributed by atoms with van der Waals surface area (Å²) < 4.78 is 10.3. The second-order valence-electron chi connectivity index (χ2n) is 4.95. The number of carbonyl (C=O) groups is 2. The van der Waals surface area contributed by atoms with Gasteiger partial charge in [0.15, 0.2) is 6.61 Å². The van der Waals surface area contributed by atoms with Gasteiger partial charge in [-0.3, -0.25) is 4.79 Å². The average Bonchev–Trinajstić information content (AvgIpc) is 2.44. The molecule has 0 atom stereocenters. The van der Waals surface area contributed by atoms with Crippen LogP contribution in [-0.2, 0) is 14.3 Å². The molecule has 5 nitrogen and oxygen atoms in total. The molecule has 1 aromatic carbocycles. The molecule has 1 fully saturated rings. The fraction of sp³-hybridized carbons (Fsp3) is 0.467. The molecule has 1 aromatic rings. The van der Waals surface area contributed by atoms with E-state index in [1.807, 2.05) is 19.9 Å². The van der Waals surface area contributed by atoms with Gasteiger partial charge in [0.2, 0.25) is 0 Å². The number of ether oxygens (including phenoxy) is 2. The number of hydrogen-bond donors (Lipinski definition) is 0. The molecule has 1 amide bonds.